The standard InChI is InChI=1S/C13H10N2O4/c1-18-13(16)12-6-5-11(8-14-12)19-10-4-2-3-9(7-10)15-17/h2-8H,1H3. The Balaban J connectivity index is 2.14. The summed E-state index contributed by atoms with van der Waals surface area (Å²) in [5.74, 6) is 0.388. The van der Waals surface area contributed by atoms with E-state index in [4.69, 9.17) is 4.74 Å². The predicted molar refractivity (Wildman–Crippen MR) is 67.5 cm³/mol. The largest absolute Gasteiger partial charge is 0.464 e. The summed E-state index contributed by atoms with van der Waals surface area (Å²) in [4.78, 5) is 25.5. The lowest BCUT2D eigenvalue weighted by atomic mass is 10.3. The first kappa shape index (κ1) is 12.7. The van der Waals surface area contributed by atoms with Crippen LogP contribution in [0.15, 0.2) is 47.8 Å². The fourth-order valence-electron chi connectivity index (χ4n) is 1.41. The molecule has 0 N–H and O–H groups in total. The van der Waals surface area contributed by atoms with Gasteiger partial charge in [0.25, 0.3) is 0 Å². The summed E-state index contributed by atoms with van der Waals surface area (Å²) in [5.41, 5.74) is 0.467. The monoisotopic (exact) mass is 258 g/mol. The maximum absolute atomic E-state index is 11.2. The second kappa shape index (κ2) is 5.72. The molecule has 0 fully saturated rings. The van der Waals surface area contributed by atoms with Crippen molar-refractivity contribution in [1.82, 2.24) is 4.98 Å². The number of methoxy groups -OCH3 is 1. The van der Waals surface area contributed by atoms with Crippen molar-refractivity contribution in [2.45, 2.75) is 0 Å². The number of carbonyl (C=O) groups is 1. The Morgan fingerprint density at radius 1 is 1.21 bits per heavy atom. The molecule has 0 saturated carbocycles. The van der Waals surface area contributed by atoms with Crippen LogP contribution in [0.3, 0.4) is 0 Å². The lowest BCUT2D eigenvalue weighted by Crippen LogP contribution is -2.03. The second-order valence-electron chi connectivity index (χ2n) is 3.56. The van der Waals surface area contributed by atoms with Gasteiger partial charge in [0.15, 0.2) is 0 Å². The smallest absolute Gasteiger partial charge is 0.356 e. The van der Waals surface area contributed by atoms with Gasteiger partial charge in [-0.1, -0.05) is 6.07 Å². The van der Waals surface area contributed by atoms with Crippen LogP contribution in [0.5, 0.6) is 11.5 Å². The van der Waals surface area contributed by atoms with Gasteiger partial charge < -0.3 is 9.47 Å². The fourth-order valence-corrected chi connectivity index (χ4v) is 1.41. The Kier molecular flexibility index (Phi) is 3.82. The molecule has 0 saturated heterocycles. The number of nitroso groups, excluding NO2 is 1. The average molecular weight is 258 g/mol. The molecule has 6 heteroatoms. The maximum Gasteiger partial charge on any atom is 0.356 e. The van der Waals surface area contributed by atoms with Crippen molar-refractivity contribution in [2.24, 2.45) is 5.18 Å². The lowest BCUT2D eigenvalue weighted by Gasteiger charge is -2.05. The van der Waals surface area contributed by atoms with Crippen molar-refractivity contribution < 1.29 is 14.3 Å². The zero-order chi connectivity index (χ0) is 13.7. The van der Waals surface area contributed by atoms with Gasteiger partial charge in [0.2, 0.25) is 0 Å². The van der Waals surface area contributed by atoms with Crippen LogP contribution in [0, 0.1) is 4.91 Å². The van der Waals surface area contributed by atoms with Gasteiger partial charge in [0.05, 0.1) is 13.3 Å². The highest BCUT2D eigenvalue weighted by Crippen LogP contribution is 2.24. The summed E-state index contributed by atoms with van der Waals surface area (Å²) < 4.78 is 10.0. The third kappa shape index (κ3) is 3.12. The van der Waals surface area contributed by atoms with Crippen LogP contribution in [0.25, 0.3) is 0 Å². The fraction of sp³-hybridized carbons (Fsp3) is 0.0769. The Morgan fingerprint density at radius 2 is 2.05 bits per heavy atom. The molecule has 0 radical (unpaired) electrons. The number of rotatable bonds is 4. The zero-order valence-corrected chi connectivity index (χ0v) is 10.1. The van der Waals surface area contributed by atoms with Gasteiger partial charge in [-0.25, -0.2) is 9.78 Å². The van der Waals surface area contributed by atoms with Crippen LogP contribution in [-0.4, -0.2) is 18.1 Å². The molecule has 0 amide bonds. The van der Waals surface area contributed by atoms with E-state index in [1.54, 1.807) is 24.3 Å². The quantitative estimate of drug-likeness (QED) is 0.622. The molecule has 1 aromatic carbocycles. The summed E-state index contributed by atoms with van der Waals surface area (Å²) in [6.45, 7) is 0. The summed E-state index contributed by atoms with van der Waals surface area (Å²) >= 11 is 0. The first-order valence-corrected chi connectivity index (χ1v) is 5.38. The number of aromatic nitrogens is 1. The van der Waals surface area contributed by atoms with E-state index in [0.29, 0.717) is 11.5 Å². The van der Waals surface area contributed by atoms with Gasteiger partial charge in [-0.3, -0.25) is 0 Å². The van der Waals surface area contributed by atoms with E-state index in [0.717, 1.165) is 0 Å². The van der Waals surface area contributed by atoms with Crippen LogP contribution in [0.2, 0.25) is 0 Å². The van der Waals surface area contributed by atoms with Crippen LogP contribution in [0.1, 0.15) is 10.5 Å². The molecule has 1 heterocycles. The van der Waals surface area contributed by atoms with Gasteiger partial charge in [-0.2, -0.15) is 0 Å². The van der Waals surface area contributed by atoms with Crippen molar-refractivity contribution in [1.29, 1.82) is 0 Å². The average Bonchev–Trinajstić information content (AvgIpc) is 2.47. The van der Waals surface area contributed by atoms with Crippen LogP contribution >= 0.6 is 0 Å². The zero-order valence-electron chi connectivity index (χ0n) is 10.1. The summed E-state index contributed by atoms with van der Waals surface area (Å²) in [5, 5.41) is 2.81. The topological polar surface area (TPSA) is 77.9 Å². The molecule has 2 aromatic rings. The molecule has 0 bridgehead atoms. The number of hydrogen-bond acceptors (Lipinski definition) is 6. The minimum Gasteiger partial charge on any atom is -0.464 e. The number of esters is 1. The molecule has 6 nitrogen and oxygen atoms in total. The summed E-state index contributed by atoms with van der Waals surface area (Å²) in [6, 6.07) is 9.48. The SMILES string of the molecule is COC(=O)c1ccc(Oc2cccc(N=O)c2)cn1. The number of carbonyl (C=O) groups excluding carboxylic acids is 1. The van der Waals surface area contributed by atoms with Crippen LogP contribution < -0.4 is 4.74 Å². The maximum atomic E-state index is 11.2. The minimum atomic E-state index is -0.515. The Hall–Kier alpha value is -2.76. The van der Waals surface area contributed by atoms with Crippen molar-refractivity contribution in [2.75, 3.05) is 7.11 Å². The van der Waals surface area contributed by atoms with Crippen molar-refractivity contribution in [3.63, 3.8) is 0 Å². The number of ether oxygens (including phenoxy) is 2. The third-order valence-electron chi connectivity index (χ3n) is 2.29. The van der Waals surface area contributed by atoms with E-state index in [-0.39, 0.29) is 11.4 Å². The van der Waals surface area contributed by atoms with Crippen LogP contribution in [-0.2, 0) is 4.74 Å². The van der Waals surface area contributed by atoms with Gasteiger partial charge in [-0.15, -0.1) is 4.91 Å². The van der Waals surface area contributed by atoms with Gasteiger partial charge >= 0.3 is 5.97 Å². The molecule has 2 rings (SSSR count). The summed E-state index contributed by atoms with van der Waals surface area (Å²) in [6.07, 6.45) is 1.40. The van der Waals surface area contributed by atoms with Gasteiger partial charge in [0.1, 0.15) is 22.9 Å². The molecular formula is C13H10N2O4. The highest BCUT2D eigenvalue weighted by atomic mass is 16.5. The Bertz CT molecular complexity index is 596. The molecule has 19 heavy (non-hydrogen) atoms. The van der Waals surface area contributed by atoms with E-state index >= 15 is 0 Å². The molecule has 0 aliphatic heterocycles. The normalized spacial score (nSPS) is 9.74. The highest BCUT2D eigenvalue weighted by Gasteiger charge is 2.07. The van der Waals surface area contributed by atoms with Crippen molar-refractivity contribution in [3.8, 4) is 11.5 Å². The van der Waals surface area contributed by atoms with E-state index in [1.807, 2.05) is 0 Å². The molecular weight excluding hydrogens is 248 g/mol. The van der Waals surface area contributed by atoms with Crippen molar-refractivity contribution in [3.05, 3.63) is 53.2 Å². The molecule has 0 aliphatic rings. The number of benzene rings is 1. The second-order valence-corrected chi connectivity index (χ2v) is 3.56. The predicted octanol–water partition coefficient (Wildman–Crippen LogP) is 3.06. The highest BCUT2D eigenvalue weighted by molar-refractivity contribution is 5.87. The van der Waals surface area contributed by atoms with E-state index in [2.05, 4.69) is 14.9 Å². The van der Waals surface area contributed by atoms with E-state index in [9.17, 15) is 9.70 Å². The first-order valence-electron chi connectivity index (χ1n) is 5.38. The number of nitrogens with zero attached hydrogens (tertiary/aromatic N) is 2. The first-order chi connectivity index (χ1) is 9.22. The third-order valence-corrected chi connectivity index (χ3v) is 2.29. The molecule has 0 spiro atoms. The minimum absolute atomic E-state index is 0.193. The Morgan fingerprint density at radius 3 is 2.68 bits per heavy atom. The van der Waals surface area contributed by atoms with Gasteiger partial charge in [0, 0.05) is 6.07 Å². The van der Waals surface area contributed by atoms with E-state index in [1.165, 1.54) is 25.4 Å². The Labute approximate surface area is 109 Å². The molecule has 96 valence electrons. The summed E-state index contributed by atoms with van der Waals surface area (Å²) in [7, 11) is 1.28. The van der Waals surface area contributed by atoms with E-state index < -0.39 is 5.97 Å². The molecule has 0 atom stereocenters. The van der Waals surface area contributed by atoms with Crippen LogP contribution in [0.4, 0.5) is 5.69 Å². The van der Waals surface area contributed by atoms with Gasteiger partial charge in [-0.05, 0) is 29.4 Å². The number of hydrogen-bond donors (Lipinski definition) is 0. The number of pyridine rings is 1. The van der Waals surface area contributed by atoms with Crippen molar-refractivity contribution >= 4 is 11.7 Å². The molecule has 0 unspecified atom stereocenters. The lowest BCUT2D eigenvalue weighted by molar-refractivity contribution is 0.0594. The molecule has 1 aromatic heterocycles. The molecule has 0 aliphatic carbocycles.